The molecule has 0 unspecified atom stereocenters. The fraction of sp³-hybridized carbons (Fsp3) is 0.733. The molecule has 2 aliphatic rings. The van der Waals surface area contributed by atoms with E-state index in [-0.39, 0.29) is 10.8 Å². The van der Waals surface area contributed by atoms with E-state index in [1.165, 1.54) is 10.1 Å². The predicted molar refractivity (Wildman–Crippen MR) is 92.2 cm³/mol. The van der Waals surface area contributed by atoms with Crippen molar-refractivity contribution < 1.29 is 19.3 Å². The summed E-state index contributed by atoms with van der Waals surface area (Å²) in [6, 6.07) is 0. The van der Waals surface area contributed by atoms with Crippen molar-refractivity contribution in [3.8, 4) is 0 Å². The molecular weight excluding hydrogens is 336 g/mol. The standard InChI is InChI=1S/C15H22N2O4S2/c1-14(5-6-14)12(22)16(3)20-10(18)9-11(19)21-17(4)13(23)15(2)7-8-15/h5-9H2,1-4H3. The first-order valence-electron chi connectivity index (χ1n) is 7.55. The molecule has 0 aromatic carbocycles. The third kappa shape index (κ3) is 4.38. The molecule has 0 amide bonds. The second kappa shape index (κ2) is 6.32. The van der Waals surface area contributed by atoms with Crippen molar-refractivity contribution in [1.29, 1.82) is 0 Å². The molecule has 2 rings (SSSR count). The molecule has 0 aliphatic heterocycles. The van der Waals surface area contributed by atoms with E-state index in [1.54, 1.807) is 14.1 Å². The Morgan fingerprint density at radius 2 is 1.17 bits per heavy atom. The quantitative estimate of drug-likeness (QED) is 0.431. The van der Waals surface area contributed by atoms with E-state index in [4.69, 9.17) is 34.1 Å². The first kappa shape index (κ1) is 18.1. The maximum Gasteiger partial charge on any atom is 0.343 e. The van der Waals surface area contributed by atoms with Crippen molar-refractivity contribution in [2.75, 3.05) is 14.1 Å². The molecule has 0 radical (unpaired) electrons. The lowest BCUT2D eigenvalue weighted by Crippen LogP contribution is -2.36. The SMILES string of the molecule is CN(OC(=O)CC(=O)ON(C)C(=S)C1(C)CC1)C(=S)C1(C)CC1. The second-order valence-corrected chi connectivity index (χ2v) is 7.60. The molecule has 2 aliphatic carbocycles. The van der Waals surface area contributed by atoms with E-state index in [0.29, 0.717) is 9.98 Å². The van der Waals surface area contributed by atoms with Crippen molar-refractivity contribution >= 4 is 46.4 Å². The third-order valence-electron chi connectivity index (χ3n) is 4.37. The molecule has 0 N–H and O–H groups in total. The van der Waals surface area contributed by atoms with Gasteiger partial charge in [0.2, 0.25) is 0 Å². The minimum atomic E-state index is -0.707. The molecule has 0 heterocycles. The van der Waals surface area contributed by atoms with Gasteiger partial charge in [0.15, 0.2) is 0 Å². The highest BCUT2D eigenvalue weighted by molar-refractivity contribution is 7.80. The second-order valence-electron chi connectivity index (χ2n) is 6.83. The maximum atomic E-state index is 11.8. The van der Waals surface area contributed by atoms with Crippen LogP contribution < -0.4 is 0 Å². The van der Waals surface area contributed by atoms with Crippen LogP contribution in [0.3, 0.4) is 0 Å². The molecule has 0 aromatic heterocycles. The Balaban J connectivity index is 1.75. The third-order valence-corrected chi connectivity index (χ3v) is 5.87. The predicted octanol–water partition coefficient (Wildman–Crippen LogP) is 2.41. The highest BCUT2D eigenvalue weighted by Crippen LogP contribution is 2.47. The van der Waals surface area contributed by atoms with Crippen LogP contribution in [0.25, 0.3) is 0 Å². The van der Waals surface area contributed by atoms with Crippen molar-refractivity contribution in [1.82, 2.24) is 10.1 Å². The average molecular weight is 358 g/mol. The van der Waals surface area contributed by atoms with Crippen LogP contribution in [0.1, 0.15) is 46.0 Å². The Hall–Kier alpha value is -1.28. The maximum absolute atomic E-state index is 11.8. The van der Waals surface area contributed by atoms with Gasteiger partial charge in [0, 0.05) is 24.9 Å². The van der Waals surface area contributed by atoms with Gasteiger partial charge < -0.3 is 9.68 Å². The van der Waals surface area contributed by atoms with E-state index in [9.17, 15) is 9.59 Å². The number of thiocarbonyl (C=S) groups is 2. The van der Waals surface area contributed by atoms with Crippen molar-refractivity contribution in [2.24, 2.45) is 10.8 Å². The van der Waals surface area contributed by atoms with E-state index in [2.05, 4.69) is 0 Å². The van der Waals surface area contributed by atoms with Crippen LogP contribution >= 0.6 is 24.4 Å². The molecule has 23 heavy (non-hydrogen) atoms. The zero-order valence-corrected chi connectivity index (χ0v) is 15.5. The molecule has 2 fully saturated rings. The summed E-state index contributed by atoms with van der Waals surface area (Å²) in [4.78, 5) is 34.9. The highest BCUT2D eigenvalue weighted by atomic mass is 32.1. The Kier molecular flexibility index (Phi) is 4.96. The topological polar surface area (TPSA) is 59.1 Å². The lowest BCUT2D eigenvalue weighted by Gasteiger charge is -2.24. The van der Waals surface area contributed by atoms with Crippen LogP contribution in [0.15, 0.2) is 0 Å². The molecule has 2 saturated carbocycles. The van der Waals surface area contributed by atoms with Gasteiger partial charge in [-0.1, -0.05) is 38.3 Å². The summed E-state index contributed by atoms with van der Waals surface area (Å²) in [6.45, 7) is 4.03. The first-order chi connectivity index (χ1) is 10.6. The fourth-order valence-electron chi connectivity index (χ4n) is 2.13. The number of carbonyl (C=O) groups excluding carboxylic acids is 2. The van der Waals surface area contributed by atoms with Crippen LogP contribution in [-0.2, 0) is 19.3 Å². The summed E-state index contributed by atoms with van der Waals surface area (Å²) >= 11 is 10.5. The first-order valence-corrected chi connectivity index (χ1v) is 8.37. The van der Waals surface area contributed by atoms with E-state index < -0.39 is 18.4 Å². The summed E-state index contributed by atoms with van der Waals surface area (Å²) < 4.78 is 0. The van der Waals surface area contributed by atoms with Gasteiger partial charge >= 0.3 is 11.9 Å². The van der Waals surface area contributed by atoms with E-state index in [1.807, 2.05) is 13.8 Å². The van der Waals surface area contributed by atoms with Gasteiger partial charge in [-0.3, -0.25) is 0 Å². The fourth-order valence-corrected chi connectivity index (χ4v) is 2.62. The zero-order valence-electron chi connectivity index (χ0n) is 13.9. The molecule has 0 aromatic rings. The molecule has 6 nitrogen and oxygen atoms in total. The summed E-state index contributed by atoms with van der Waals surface area (Å²) in [7, 11) is 3.15. The summed E-state index contributed by atoms with van der Waals surface area (Å²) in [5.41, 5.74) is -0.145. The van der Waals surface area contributed by atoms with Gasteiger partial charge in [0.05, 0.1) is 0 Å². The summed E-state index contributed by atoms with van der Waals surface area (Å²) in [5.74, 6) is -1.41. The molecule has 0 spiro atoms. The molecular formula is C15H22N2O4S2. The largest absolute Gasteiger partial charge is 0.343 e. The average Bonchev–Trinajstić information content (AvgIpc) is 3.37. The number of hydrogen-bond acceptors (Lipinski definition) is 6. The number of carbonyl (C=O) groups is 2. The van der Waals surface area contributed by atoms with Gasteiger partial charge in [-0.25, -0.2) is 19.7 Å². The van der Waals surface area contributed by atoms with Crippen molar-refractivity contribution in [3.63, 3.8) is 0 Å². The molecule has 8 heteroatoms. The Morgan fingerprint density at radius 1 is 0.870 bits per heavy atom. The Bertz CT molecular complexity index is 508. The summed E-state index contributed by atoms with van der Waals surface area (Å²) in [5, 5.41) is 2.52. The zero-order chi connectivity index (χ0) is 17.4. The van der Waals surface area contributed by atoms with Crippen LogP contribution in [0.2, 0.25) is 0 Å². The molecule has 0 saturated heterocycles. The normalized spacial score (nSPS) is 19.3. The smallest absolute Gasteiger partial charge is 0.340 e. The van der Waals surface area contributed by atoms with E-state index in [0.717, 1.165) is 25.7 Å². The van der Waals surface area contributed by atoms with Crippen LogP contribution in [0.5, 0.6) is 0 Å². The minimum absolute atomic E-state index is 0.0724. The van der Waals surface area contributed by atoms with Gasteiger partial charge in [-0.15, -0.1) is 0 Å². The molecule has 0 bridgehead atoms. The number of hydrogen-bond donors (Lipinski definition) is 0. The Morgan fingerprint density at radius 3 is 1.43 bits per heavy atom. The molecule has 0 atom stereocenters. The number of rotatable bonds is 4. The Labute approximate surface area is 147 Å². The van der Waals surface area contributed by atoms with Gasteiger partial charge in [0.25, 0.3) is 0 Å². The highest BCUT2D eigenvalue weighted by Gasteiger charge is 2.45. The monoisotopic (exact) mass is 358 g/mol. The summed E-state index contributed by atoms with van der Waals surface area (Å²) in [6.07, 6.45) is 3.44. The lowest BCUT2D eigenvalue weighted by atomic mass is 10.1. The van der Waals surface area contributed by atoms with Crippen LogP contribution in [-0.4, -0.2) is 46.1 Å². The minimum Gasteiger partial charge on any atom is -0.340 e. The van der Waals surface area contributed by atoms with Gasteiger partial charge in [-0.2, -0.15) is 0 Å². The van der Waals surface area contributed by atoms with Crippen LogP contribution in [0.4, 0.5) is 0 Å². The van der Waals surface area contributed by atoms with Gasteiger partial charge in [0.1, 0.15) is 16.4 Å². The van der Waals surface area contributed by atoms with E-state index >= 15 is 0 Å². The number of hydroxylamine groups is 4. The van der Waals surface area contributed by atoms with Crippen molar-refractivity contribution in [3.05, 3.63) is 0 Å². The lowest BCUT2D eigenvalue weighted by molar-refractivity contribution is -0.181. The number of nitrogens with zero attached hydrogens (tertiary/aromatic N) is 2. The van der Waals surface area contributed by atoms with Crippen LogP contribution in [0, 0.1) is 10.8 Å². The van der Waals surface area contributed by atoms with Gasteiger partial charge in [-0.05, 0) is 25.7 Å². The van der Waals surface area contributed by atoms with Crippen molar-refractivity contribution in [2.45, 2.75) is 46.0 Å². The molecule has 128 valence electrons.